The van der Waals surface area contributed by atoms with Crippen LogP contribution < -0.4 is 5.73 Å². The number of aliphatic carboxylic acids is 1. The minimum absolute atomic E-state index is 0.0401. The van der Waals surface area contributed by atoms with Crippen LogP contribution in [0.25, 0.3) is 0 Å². The number of hydrogen-bond acceptors (Lipinski definition) is 3. The maximum atomic E-state index is 12.4. The van der Waals surface area contributed by atoms with Crippen LogP contribution in [-0.2, 0) is 9.59 Å². The summed E-state index contributed by atoms with van der Waals surface area (Å²) in [5, 5.41) is 9.26. The fraction of sp³-hybridized carbons (Fsp3) is 0.467. The van der Waals surface area contributed by atoms with Crippen LogP contribution in [0.5, 0.6) is 0 Å². The molecule has 3 atom stereocenters. The molecule has 1 aliphatic rings. The number of rotatable bonds is 3. The van der Waals surface area contributed by atoms with Gasteiger partial charge in [0.05, 0.1) is 0 Å². The molecule has 5 nitrogen and oxygen atoms in total. The highest BCUT2D eigenvalue weighted by Crippen LogP contribution is 2.27. The molecule has 3 unspecified atom stereocenters. The fourth-order valence-electron chi connectivity index (χ4n) is 2.67. The van der Waals surface area contributed by atoms with Gasteiger partial charge in [0.2, 0.25) is 5.91 Å². The van der Waals surface area contributed by atoms with E-state index in [2.05, 4.69) is 0 Å². The Morgan fingerprint density at radius 1 is 1.35 bits per heavy atom. The van der Waals surface area contributed by atoms with E-state index < -0.39 is 18.1 Å². The summed E-state index contributed by atoms with van der Waals surface area (Å²) >= 11 is 0. The highest BCUT2D eigenvalue weighted by atomic mass is 16.4. The topological polar surface area (TPSA) is 83.6 Å². The molecule has 1 aromatic carbocycles. The van der Waals surface area contributed by atoms with E-state index in [1.54, 1.807) is 0 Å². The number of nitrogens with two attached hydrogens (primary N) is 1. The summed E-state index contributed by atoms with van der Waals surface area (Å²) in [4.78, 5) is 25.1. The van der Waals surface area contributed by atoms with E-state index in [-0.39, 0.29) is 11.8 Å². The molecular formula is C15H20N2O3. The van der Waals surface area contributed by atoms with Gasteiger partial charge in [0.25, 0.3) is 0 Å². The fourth-order valence-corrected chi connectivity index (χ4v) is 2.67. The third-order valence-corrected chi connectivity index (χ3v) is 3.94. The first-order chi connectivity index (χ1) is 9.41. The number of carbonyl (C=O) groups is 2. The van der Waals surface area contributed by atoms with E-state index >= 15 is 0 Å². The Labute approximate surface area is 118 Å². The van der Waals surface area contributed by atoms with Crippen molar-refractivity contribution in [2.75, 3.05) is 6.54 Å². The van der Waals surface area contributed by atoms with Crippen molar-refractivity contribution in [1.82, 2.24) is 4.90 Å². The van der Waals surface area contributed by atoms with Gasteiger partial charge in [-0.3, -0.25) is 4.79 Å². The molecule has 1 amide bonds. The first-order valence-electron chi connectivity index (χ1n) is 6.77. The van der Waals surface area contributed by atoms with E-state index in [0.29, 0.717) is 18.5 Å². The van der Waals surface area contributed by atoms with Gasteiger partial charge in [-0.2, -0.15) is 0 Å². The third-order valence-electron chi connectivity index (χ3n) is 3.94. The lowest BCUT2D eigenvalue weighted by atomic mass is 10.0. The molecule has 5 heteroatoms. The highest BCUT2D eigenvalue weighted by Gasteiger charge is 2.41. The zero-order chi connectivity index (χ0) is 14.9. The largest absolute Gasteiger partial charge is 0.480 e. The maximum absolute atomic E-state index is 12.4. The van der Waals surface area contributed by atoms with E-state index in [9.17, 15) is 14.7 Å². The van der Waals surface area contributed by atoms with Gasteiger partial charge in [-0.1, -0.05) is 36.8 Å². The van der Waals surface area contributed by atoms with Crippen LogP contribution in [0, 0.1) is 12.8 Å². The number of hydrogen-bond donors (Lipinski definition) is 2. The number of likely N-dealkylation sites (tertiary alicyclic amines) is 1. The number of carbonyl (C=O) groups excluding carboxylic acids is 1. The van der Waals surface area contributed by atoms with Crippen molar-refractivity contribution >= 4 is 11.9 Å². The van der Waals surface area contributed by atoms with Crippen LogP contribution in [0.1, 0.15) is 30.5 Å². The Hall–Kier alpha value is -1.88. The summed E-state index contributed by atoms with van der Waals surface area (Å²) in [6, 6.07) is 5.84. The average molecular weight is 276 g/mol. The quantitative estimate of drug-likeness (QED) is 0.872. The monoisotopic (exact) mass is 276 g/mol. The van der Waals surface area contributed by atoms with Crippen molar-refractivity contribution in [2.24, 2.45) is 11.7 Å². The number of carboxylic acid groups (broad SMARTS) is 1. The van der Waals surface area contributed by atoms with Gasteiger partial charge in [-0.15, -0.1) is 0 Å². The Balaban J connectivity index is 2.18. The summed E-state index contributed by atoms with van der Waals surface area (Å²) in [5.41, 5.74) is 7.79. The van der Waals surface area contributed by atoms with Crippen molar-refractivity contribution in [3.63, 3.8) is 0 Å². The number of nitrogens with zero attached hydrogens (tertiary/aromatic N) is 1. The summed E-state index contributed by atoms with van der Waals surface area (Å²) < 4.78 is 0. The van der Waals surface area contributed by atoms with Gasteiger partial charge in [0.15, 0.2) is 0 Å². The lowest BCUT2D eigenvalue weighted by Gasteiger charge is -2.26. The highest BCUT2D eigenvalue weighted by molar-refractivity contribution is 5.88. The van der Waals surface area contributed by atoms with Gasteiger partial charge in [-0.25, -0.2) is 4.79 Å². The van der Waals surface area contributed by atoms with E-state index in [1.807, 2.05) is 38.1 Å². The summed E-state index contributed by atoms with van der Waals surface area (Å²) in [7, 11) is 0. The number of aryl methyl sites for hydroxylation is 1. The standard InChI is InChI=1S/C15H20N2O3/c1-9-3-5-11(6-4-9)12(16)14(18)17-8-7-10(2)13(17)15(19)20/h3-6,10,12-13H,7-8,16H2,1-2H3,(H,19,20). The van der Waals surface area contributed by atoms with Crippen LogP contribution in [0.15, 0.2) is 24.3 Å². The second-order valence-corrected chi connectivity index (χ2v) is 5.47. The van der Waals surface area contributed by atoms with Crippen molar-refractivity contribution in [3.8, 4) is 0 Å². The van der Waals surface area contributed by atoms with Crippen molar-refractivity contribution in [3.05, 3.63) is 35.4 Å². The van der Waals surface area contributed by atoms with Crippen molar-refractivity contribution < 1.29 is 14.7 Å². The van der Waals surface area contributed by atoms with E-state index in [4.69, 9.17) is 5.73 Å². The SMILES string of the molecule is Cc1ccc(C(N)C(=O)N2CCC(C)C2C(=O)O)cc1. The first-order valence-corrected chi connectivity index (χ1v) is 6.77. The predicted molar refractivity (Wildman–Crippen MR) is 75.0 cm³/mol. The Morgan fingerprint density at radius 3 is 2.50 bits per heavy atom. The third kappa shape index (κ3) is 2.67. The summed E-state index contributed by atoms with van der Waals surface area (Å²) in [5.74, 6) is -1.31. The second-order valence-electron chi connectivity index (χ2n) is 5.47. The molecule has 0 saturated carbocycles. The normalized spacial score (nSPS) is 23.6. The second kappa shape index (κ2) is 5.63. The molecule has 1 aliphatic heterocycles. The molecule has 1 fully saturated rings. The molecule has 1 saturated heterocycles. The molecular weight excluding hydrogens is 256 g/mol. The van der Waals surface area contributed by atoms with Gasteiger partial charge in [0.1, 0.15) is 12.1 Å². The van der Waals surface area contributed by atoms with Crippen molar-refractivity contribution in [2.45, 2.75) is 32.4 Å². The van der Waals surface area contributed by atoms with E-state index in [0.717, 1.165) is 5.56 Å². The average Bonchev–Trinajstić information content (AvgIpc) is 2.80. The molecule has 1 aromatic rings. The minimum atomic E-state index is -0.959. The summed E-state index contributed by atoms with van der Waals surface area (Å²) in [6.45, 7) is 4.26. The molecule has 0 radical (unpaired) electrons. The first kappa shape index (κ1) is 14.5. The molecule has 2 rings (SSSR count). The molecule has 3 N–H and O–H groups in total. The predicted octanol–water partition coefficient (Wildman–Crippen LogP) is 1.32. The van der Waals surface area contributed by atoms with E-state index in [1.165, 1.54) is 4.90 Å². The van der Waals surface area contributed by atoms with Crippen LogP contribution in [0.2, 0.25) is 0 Å². The molecule has 20 heavy (non-hydrogen) atoms. The molecule has 1 heterocycles. The van der Waals surface area contributed by atoms with Crippen LogP contribution in [0.3, 0.4) is 0 Å². The molecule has 0 aromatic heterocycles. The smallest absolute Gasteiger partial charge is 0.326 e. The zero-order valence-electron chi connectivity index (χ0n) is 11.7. The minimum Gasteiger partial charge on any atom is -0.480 e. The Morgan fingerprint density at radius 2 is 1.95 bits per heavy atom. The number of amides is 1. The number of carboxylic acids is 1. The van der Waals surface area contributed by atoms with Gasteiger partial charge >= 0.3 is 5.97 Å². The number of benzene rings is 1. The molecule has 0 spiro atoms. The zero-order valence-corrected chi connectivity index (χ0v) is 11.7. The lowest BCUT2D eigenvalue weighted by molar-refractivity contribution is -0.149. The molecule has 0 bridgehead atoms. The van der Waals surface area contributed by atoms with Gasteiger partial charge in [-0.05, 0) is 24.8 Å². The van der Waals surface area contributed by atoms with Gasteiger partial charge < -0.3 is 15.7 Å². The molecule has 0 aliphatic carbocycles. The maximum Gasteiger partial charge on any atom is 0.326 e. The van der Waals surface area contributed by atoms with Crippen LogP contribution in [-0.4, -0.2) is 34.5 Å². The summed E-state index contributed by atoms with van der Waals surface area (Å²) in [6.07, 6.45) is 0.698. The Kier molecular flexibility index (Phi) is 4.09. The van der Waals surface area contributed by atoms with Crippen LogP contribution >= 0.6 is 0 Å². The van der Waals surface area contributed by atoms with Crippen molar-refractivity contribution in [1.29, 1.82) is 0 Å². The van der Waals surface area contributed by atoms with Gasteiger partial charge in [0, 0.05) is 6.54 Å². The molecule has 108 valence electrons. The lowest BCUT2D eigenvalue weighted by Crippen LogP contribution is -2.46. The van der Waals surface area contributed by atoms with Crippen LogP contribution in [0.4, 0.5) is 0 Å². The Bertz CT molecular complexity index is 512.